The third-order valence-corrected chi connectivity index (χ3v) is 7.66. The average molecular weight is 463 g/mol. The number of aryl methyl sites for hydroxylation is 1. The van der Waals surface area contributed by atoms with Gasteiger partial charge in [-0.25, -0.2) is 13.4 Å². The summed E-state index contributed by atoms with van der Waals surface area (Å²) in [4.78, 5) is 20.3. The Morgan fingerprint density at radius 3 is 2.61 bits per heavy atom. The Morgan fingerprint density at radius 1 is 1.19 bits per heavy atom. The van der Waals surface area contributed by atoms with Crippen LogP contribution in [0.5, 0.6) is 5.75 Å². The number of anilines is 1. The molecule has 1 heterocycles. The van der Waals surface area contributed by atoms with E-state index < -0.39 is 10.0 Å². The summed E-state index contributed by atoms with van der Waals surface area (Å²) in [6.07, 6.45) is 0. The Hall–Kier alpha value is -2.56. The zero-order chi connectivity index (χ0) is 22.6. The van der Waals surface area contributed by atoms with E-state index in [1.807, 2.05) is 25.1 Å². The molecule has 0 saturated carbocycles. The lowest BCUT2D eigenvalue weighted by Crippen LogP contribution is -2.30. The number of hydrogen-bond donors (Lipinski definition) is 2. The molecule has 0 aliphatic rings. The number of nitrogens with one attached hydrogen (secondary N) is 2. The third-order valence-electron chi connectivity index (χ3n) is 4.74. The number of aromatic nitrogens is 2. The minimum absolute atomic E-state index is 0.104. The number of H-pyrrole nitrogens is 1. The van der Waals surface area contributed by atoms with Crippen molar-refractivity contribution < 1.29 is 17.9 Å². The fraction of sp³-hybridized carbons (Fsp3) is 0.333. The number of aromatic amines is 1. The Morgan fingerprint density at radius 2 is 1.94 bits per heavy atom. The number of methoxy groups -OCH3 is 1. The van der Waals surface area contributed by atoms with E-state index >= 15 is 0 Å². The van der Waals surface area contributed by atoms with E-state index in [0.29, 0.717) is 29.7 Å². The summed E-state index contributed by atoms with van der Waals surface area (Å²) in [5.41, 5.74) is 3.18. The topological polar surface area (TPSA) is 104 Å². The number of carbonyl (C=O) groups excluding carboxylic acids is 1. The van der Waals surface area contributed by atoms with Gasteiger partial charge in [0.1, 0.15) is 5.75 Å². The fourth-order valence-electron chi connectivity index (χ4n) is 3.15. The maximum Gasteiger partial charge on any atom is 0.243 e. The van der Waals surface area contributed by atoms with Gasteiger partial charge in [-0.2, -0.15) is 4.31 Å². The maximum absolute atomic E-state index is 12.8. The highest BCUT2D eigenvalue weighted by molar-refractivity contribution is 7.99. The predicted molar refractivity (Wildman–Crippen MR) is 123 cm³/mol. The number of imidazole rings is 1. The van der Waals surface area contributed by atoms with Gasteiger partial charge in [0.05, 0.1) is 34.5 Å². The maximum atomic E-state index is 12.8. The molecule has 1 amide bonds. The summed E-state index contributed by atoms with van der Waals surface area (Å²) in [7, 11) is -2.18. The normalized spacial score (nSPS) is 11.8. The van der Waals surface area contributed by atoms with Gasteiger partial charge >= 0.3 is 0 Å². The van der Waals surface area contributed by atoms with Crippen LogP contribution in [-0.2, 0) is 14.8 Å². The minimum atomic E-state index is -3.65. The molecule has 31 heavy (non-hydrogen) atoms. The van der Waals surface area contributed by atoms with E-state index in [-0.39, 0.29) is 16.6 Å². The molecule has 2 aromatic carbocycles. The number of thioether (sulfide) groups is 1. The number of carbonyl (C=O) groups is 1. The molecule has 0 fully saturated rings. The Balaban J connectivity index is 1.74. The first-order chi connectivity index (χ1) is 14.8. The number of nitrogens with zero attached hydrogens (tertiary/aromatic N) is 2. The second-order valence-electron chi connectivity index (χ2n) is 6.85. The zero-order valence-electron chi connectivity index (χ0n) is 17.9. The van der Waals surface area contributed by atoms with Gasteiger partial charge in [0.25, 0.3) is 0 Å². The molecular formula is C21H26N4O4S2. The monoisotopic (exact) mass is 462 g/mol. The first kappa shape index (κ1) is 23.1. The summed E-state index contributed by atoms with van der Waals surface area (Å²) in [5.74, 6) is 0.197. The van der Waals surface area contributed by atoms with Crippen LogP contribution in [0.4, 0.5) is 5.69 Å². The summed E-state index contributed by atoms with van der Waals surface area (Å²) >= 11 is 1.27. The van der Waals surface area contributed by atoms with Crippen molar-refractivity contribution in [3.8, 4) is 5.75 Å². The lowest BCUT2D eigenvalue weighted by Gasteiger charge is -2.19. The van der Waals surface area contributed by atoms with Gasteiger partial charge in [0.15, 0.2) is 5.16 Å². The minimum Gasteiger partial charge on any atom is -0.495 e. The summed E-state index contributed by atoms with van der Waals surface area (Å²) in [6.45, 7) is 6.29. The van der Waals surface area contributed by atoms with E-state index in [9.17, 15) is 13.2 Å². The van der Waals surface area contributed by atoms with E-state index in [1.165, 1.54) is 35.3 Å². The molecular weight excluding hydrogens is 436 g/mol. The molecule has 1 aromatic heterocycles. The molecule has 0 radical (unpaired) electrons. The average Bonchev–Trinajstić information content (AvgIpc) is 3.15. The summed E-state index contributed by atoms with van der Waals surface area (Å²) in [5, 5.41) is 3.39. The fourth-order valence-corrected chi connectivity index (χ4v) is 5.32. The molecule has 0 atom stereocenters. The van der Waals surface area contributed by atoms with Crippen LogP contribution in [0.3, 0.4) is 0 Å². The SMILES string of the molecule is CCN(CC)S(=O)(=O)c1ccc(OC)c(NC(=O)CSc2nc3ccc(C)cc3[nH]2)c1. The van der Waals surface area contributed by atoms with Crippen molar-refractivity contribution in [1.82, 2.24) is 14.3 Å². The Kier molecular flexibility index (Phi) is 7.24. The van der Waals surface area contributed by atoms with E-state index in [2.05, 4.69) is 15.3 Å². The zero-order valence-corrected chi connectivity index (χ0v) is 19.6. The largest absolute Gasteiger partial charge is 0.495 e. The number of ether oxygens (including phenoxy) is 1. The van der Waals surface area contributed by atoms with Gasteiger partial charge in [-0.1, -0.05) is 31.7 Å². The number of rotatable bonds is 9. The van der Waals surface area contributed by atoms with Crippen LogP contribution in [0.1, 0.15) is 19.4 Å². The highest BCUT2D eigenvalue weighted by Crippen LogP contribution is 2.29. The van der Waals surface area contributed by atoms with Crippen LogP contribution in [0.15, 0.2) is 46.5 Å². The van der Waals surface area contributed by atoms with Gasteiger partial charge in [0, 0.05) is 13.1 Å². The van der Waals surface area contributed by atoms with Crippen LogP contribution in [-0.4, -0.2) is 54.6 Å². The van der Waals surface area contributed by atoms with Crippen LogP contribution >= 0.6 is 11.8 Å². The molecule has 0 aliphatic heterocycles. The van der Waals surface area contributed by atoms with Crippen LogP contribution in [0.2, 0.25) is 0 Å². The van der Waals surface area contributed by atoms with Crippen molar-refractivity contribution in [2.45, 2.75) is 30.8 Å². The van der Waals surface area contributed by atoms with E-state index in [1.54, 1.807) is 19.9 Å². The van der Waals surface area contributed by atoms with Crippen LogP contribution < -0.4 is 10.1 Å². The van der Waals surface area contributed by atoms with Crippen molar-refractivity contribution >= 4 is 44.4 Å². The first-order valence-corrected chi connectivity index (χ1v) is 12.3. The highest BCUT2D eigenvalue weighted by atomic mass is 32.2. The third kappa shape index (κ3) is 5.20. The standard InChI is InChI=1S/C21H26N4O4S2/c1-5-25(6-2)31(27,28)15-8-10-19(29-4)18(12-15)22-20(26)13-30-21-23-16-9-7-14(3)11-17(16)24-21/h7-12H,5-6,13H2,1-4H3,(H,22,26)(H,23,24). The van der Waals surface area contributed by atoms with Crippen molar-refractivity contribution in [2.75, 3.05) is 31.3 Å². The lowest BCUT2D eigenvalue weighted by molar-refractivity contribution is -0.113. The number of hydrogen-bond acceptors (Lipinski definition) is 6. The second kappa shape index (κ2) is 9.71. The Labute approximate surface area is 186 Å². The molecule has 0 saturated heterocycles. The molecule has 0 spiro atoms. The summed E-state index contributed by atoms with van der Waals surface area (Å²) < 4.78 is 32.3. The van der Waals surface area contributed by atoms with Crippen LogP contribution in [0.25, 0.3) is 11.0 Å². The number of benzene rings is 2. The van der Waals surface area contributed by atoms with Crippen molar-refractivity contribution in [1.29, 1.82) is 0 Å². The number of sulfonamides is 1. The quantitative estimate of drug-likeness (QED) is 0.471. The highest BCUT2D eigenvalue weighted by Gasteiger charge is 2.23. The molecule has 0 unspecified atom stereocenters. The van der Waals surface area contributed by atoms with E-state index in [0.717, 1.165) is 16.6 Å². The number of amides is 1. The van der Waals surface area contributed by atoms with Crippen LogP contribution in [0, 0.1) is 6.92 Å². The molecule has 2 N–H and O–H groups in total. The smallest absolute Gasteiger partial charge is 0.243 e. The van der Waals surface area contributed by atoms with Crippen molar-refractivity contribution in [3.63, 3.8) is 0 Å². The van der Waals surface area contributed by atoms with Crippen molar-refractivity contribution in [3.05, 3.63) is 42.0 Å². The predicted octanol–water partition coefficient (Wildman–Crippen LogP) is 3.64. The second-order valence-corrected chi connectivity index (χ2v) is 9.75. The van der Waals surface area contributed by atoms with Gasteiger partial charge < -0.3 is 15.0 Å². The van der Waals surface area contributed by atoms with Gasteiger partial charge in [0.2, 0.25) is 15.9 Å². The molecule has 166 valence electrons. The molecule has 3 rings (SSSR count). The Bertz CT molecular complexity index is 1190. The molecule has 0 bridgehead atoms. The molecule has 10 heteroatoms. The lowest BCUT2D eigenvalue weighted by atomic mass is 10.2. The summed E-state index contributed by atoms with van der Waals surface area (Å²) in [6, 6.07) is 10.4. The van der Waals surface area contributed by atoms with Gasteiger partial charge in [-0.05, 0) is 42.8 Å². The molecule has 3 aromatic rings. The molecule has 0 aliphatic carbocycles. The van der Waals surface area contributed by atoms with Gasteiger partial charge in [-0.15, -0.1) is 0 Å². The number of fused-ring (bicyclic) bond motifs is 1. The van der Waals surface area contributed by atoms with E-state index in [4.69, 9.17) is 4.74 Å². The van der Waals surface area contributed by atoms with Crippen molar-refractivity contribution in [2.24, 2.45) is 0 Å². The molecule has 8 nitrogen and oxygen atoms in total. The first-order valence-electron chi connectivity index (χ1n) is 9.85. The van der Waals surface area contributed by atoms with Gasteiger partial charge in [-0.3, -0.25) is 4.79 Å².